The van der Waals surface area contributed by atoms with Gasteiger partial charge in [0.15, 0.2) is 11.9 Å². The van der Waals surface area contributed by atoms with E-state index in [1.165, 1.54) is 0 Å². The van der Waals surface area contributed by atoms with Crippen LogP contribution < -0.4 is 44.6 Å². The smallest absolute Gasteiger partial charge is 0.326 e. The molecule has 0 aliphatic rings. The molecule has 3 amide bonds. The second kappa shape index (κ2) is 17.3. The SMILES string of the molecule is CC(C)C(NC(=O)C(CCCN=C(N)N)NC(=O)C(Cc1c[nH]c2ccccc12)NC(=O)C(N)CCCN=C(N)N)C(=O)O. The summed E-state index contributed by atoms with van der Waals surface area (Å²) in [6.45, 7) is 3.77. The van der Waals surface area contributed by atoms with Crippen molar-refractivity contribution < 1.29 is 24.3 Å². The van der Waals surface area contributed by atoms with E-state index in [-0.39, 0.29) is 44.3 Å². The molecule has 0 spiro atoms. The Hall–Kier alpha value is -4.86. The number of H-pyrrole nitrogens is 1. The molecule has 2 rings (SSSR count). The molecule has 16 heteroatoms. The largest absolute Gasteiger partial charge is 0.480 e. The highest BCUT2D eigenvalue weighted by molar-refractivity contribution is 5.95. The van der Waals surface area contributed by atoms with E-state index in [0.717, 1.165) is 16.5 Å². The summed E-state index contributed by atoms with van der Waals surface area (Å²) in [6, 6.07) is 3.07. The molecular weight excluding hydrogens is 570 g/mol. The molecule has 0 aliphatic heterocycles. The number of hydrogen-bond acceptors (Lipinski definition) is 7. The standard InChI is InChI=1S/C28H45N11O5/c1-15(2)22(26(43)44)39-24(41)20(10-6-12-35-28(32)33)37-25(42)21(13-16-14-36-19-9-4-3-7-17(16)19)38-23(40)18(29)8-5-11-34-27(30)31/h3-4,7,9,14-15,18,20-22,36H,5-6,8,10-13,29H2,1-2H3,(H,37,42)(H,38,40)(H,39,41)(H,43,44)(H4,30,31,34)(H4,32,33,35). The number of aliphatic carboxylic acids is 1. The van der Waals surface area contributed by atoms with Gasteiger partial charge >= 0.3 is 5.97 Å². The van der Waals surface area contributed by atoms with Crippen LogP contribution in [0.5, 0.6) is 0 Å². The first-order valence-electron chi connectivity index (χ1n) is 14.3. The van der Waals surface area contributed by atoms with Crippen LogP contribution in [0.2, 0.25) is 0 Å². The van der Waals surface area contributed by atoms with Crippen LogP contribution in [0.3, 0.4) is 0 Å². The Morgan fingerprint density at radius 1 is 0.841 bits per heavy atom. The molecule has 0 fully saturated rings. The maximum absolute atomic E-state index is 13.7. The number of carboxylic acid groups (broad SMARTS) is 1. The van der Waals surface area contributed by atoms with E-state index >= 15 is 0 Å². The summed E-state index contributed by atoms with van der Waals surface area (Å²) in [6.07, 6.45) is 2.91. The van der Waals surface area contributed by atoms with Gasteiger partial charge in [0, 0.05) is 36.6 Å². The number of rotatable bonds is 18. The third-order valence-corrected chi connectivity index (χ3v) is 6.85. The number of para-hydroxylation sites is 1. The molecule has 0 aliphatic carbocycles. The van der Waals surface area contributed by atoms with E-state index in [4.69, 9.17) is 28.7 Å². The topological polar surface area (TPSA) is 295 Å². The molecule has 0 saturated heterocycles. The summed E-state index contributed by atoms with van der Waals surface area (Å²) in [5.74, 6) is -3.76. The molecule has 1 aromatic heterocycles. The highest BCUT2D eigenvalue weighted by Crippen LogP contribution is 2.19. The predicted molar refractivity (Wildman–Crippen MR) is 168 cm³/mol. The van der Waals surface area contributed by atoms with Crippen molar-refractivity contribution in [3.8, 4) is 0 Å². The fourth-order valence-corrected chi connectivity index (χ4v) is 4.47. The maximum atomic E-state index is 13.7. The number of nitrogens with two attached hydrogens (primary N) is 5. The summed E-state index contributed by atoms with van der Waals surface area (Å²) in [7, 11) is 0. The quantitative estimate of drug-likeness (QED) is 0.0517. The average molecular weight is 616 g/mol. The van der Waals surface area contributed by atoms with Gasteiger partial charge in [0.25, 0.3) is 0 Å². The summed E-state index contributed by atoms with van der Waals surface area (Å²) < 4.78 is 0. The third-order valence-electron chi connectivity index (χ3n) is 6.85. The van der Waals surface area contributed by atoms with Crippen LogP contribution in [-0.2, 0) is 25.6 Å². The Bertz CT molecular complexity index is 1330. The van der Waals surface area contributed by atoms with Gasteiger partial charge in [0.05, 0.1) is 6.04 Å². The predicted octanol–water partition coefficient (Wildman–Crippen LogP) is -1.66. The second-order valence-corrected chi connectivity index (χ2v) is 10.8. The van der Waals surface area contributed by atoms with Crippen LogP contribution in [-0.4, -0.2) is 83.0 Å². The van der Waals surface area contributed by atoms with Gasteiger partial charge in [0.2, 0.25) is 17.7 Å². The van der Waals surface area contributed by atoms with Crippen molar-refractivity contribution in [3.05, 3.63) is 36.0 Å². The first kappa shape index (κ1) is 35.3. The van der Waals surface area contributed by atoms with E-state index in [9.17, 15) is 24.3 Å². The van der Waals surface area contributed by atoms with Crippen molar-refractivity contribution in [2.75, 3.05) is 13.1 Å². The van der Waals surface area contributed by atoms with Crippen LogP contribution in [0.15, 0.2) is 40.4 Å². The summed E-state index contributed by atoms with van der Waals surface area (Å²) in [5, 5.41) is 18.3. The number of benzene rings is 1. The number of hydrogen-bond donors (Lipinski definition) is 10. The number of carboxylic acids is 1. The lowest BCUT2D eigenvalue weighted by molar-refractivity contribution is -0.143. The number of aromatic amines is 1. The van der Waals surface area contributed by atoms with Gasteiger partial charge in [-0.1, -0.05) is 32.0 Å². The van der Waals surface area contributed by atoms with E-state index < -0.39 is 53.8 Å². The van der Waals surface area contributed by atoms with Crippen LogP contribution >= 0.6 is 0 Å². The zero-order chi connectivity index (χ0) is 32.8. The van der Waals surface area contributed by atoms with Gasteiger partial charge < -0.3 is 54.7 Å². The minimum Gasteiger partial charge on any atom is -0.480 e. The zero-order valence-corrected chi connectivity index (χ0v) is 25.1. The number of aliphatic imine (C=N–C) groups is 2. The van der Waals surface area contributed by atoms with Crippen LogP contribution in [0.25, 0.3) is 10.9 Å². The maximum Gasteiger partial charge on any atom is 0.326 e. The van der Waals surface area contributed by atoms with E-state index in [2.05, 4.69) is 30.9 Å². The number of aromatic nitrogens is 1. The number of amides is 3. The van der Waals surface area contributed by atoms with E-state index in [0.29, 0.717) is 12.8 Å². The van der Waals surface area contributed by atoms with Gasteiger partial charge in [-0.2, -0.15) is 0 Å². The molecule has 4 unspecified atom stereocenters. The summed E-state index contributed by atoms with van der Waals surface area (Å²) in [5.41, 5.74) is 29.1. The third kappa shape index (κ3) is 11.4. The van der Waals surface area contributed by atoms with Crippen molar-refractivity contribution in [3.63, 3.8) is 0 Å². The summed E-state index contributed by atoms with van der Waals surface area (Å²) in [4.78, 5) is 62.7. The van der Waals surface area contributed by atoms with Crippen molar-refractivity contribution in [2.24, 2.45) is 44.6 Å². The lowest BCUT2D eigenvalue weighted by Crippen LogP contribution is -2.58. The van der Waals surface area contributed by atoms with Gasteiger partial charge in [-0.3, -0.25) is 24.4 Å². The molecular formula is C28H45N11O5. The molecule has 1 heterocycles. The molecule has 0 saturated carbocycles. The number of carbonyl (C=O) groups excluding carboxylic acids is 3. The molecule has 2 aromatic rings. The van der Waals surface area contributed by atoms with Gasteiger partial charge in [-0.05, 0) is 43.2 Å². The number of guanidine groups is 2. The molecule has 4 atom stereocenters. The number of carbonyl (C=O) groups is 4. The molecule has 44 heavy (non-hydrogen) atoms. The van der Waals surface area contributed by atoms with Crippen molar-refractivity contribution in [1.29, 1.82) is 0 Å². The monoisotopic (exact) mass is 615 g/mol. The van der Waals surface area contributed by atoms with E-state index in [1.54, 1.807) is 20.0 Å². The summed E-state index contributed by atoms with van der Waals surface area (Å²) >= 11 is 0. The molecule has 0 bridgehead atoms. The number of fused-ring (bicyclic) bond motifs is 1. The fourth-order valence-electron chi connectivity index (χ4n) is 4.47. The molecule has 242 valence electrons. The lowest BCUT2D eigenvalue weighted by atomic mass is 10.0. The fraction of sp³-hybridized carbons (Fsp3) is 0.500. The van der Waals surface area contributed by atoms with Crippen LogP contribution in [0, 0.1) is 5.92 Å². The highest BCUT2D eigenvalue weighted by atomic mass is 16.4. The molecule has 0 radical (unpaired) electrons. The Morgan fingerprint density at radius 3 is 2.00 bits per heavy atom. The minimum absolute atomic E-state index is 0.0709. The molecule has 1 aromatic carbocycles. The van der Waals surface area contributed by atoms with Crippen molar-refractivity contribution >= 4 is 46.5 Å². The Labute approximate surface area is 255 Å². The first-order chi connectivity index (χ1) is 20.8. The Balaban J connectivity index is 2.30. The first-order valence-corrected chi connectivity index (χ1v) is 14.3. The number of nitrogens with one attached hydrogen (secondary N) is 4. The zero-order valence-electron chi connectivity index (χ0n) is 25.1. The van der Waals surface area contributed by atoms with Gasteiger partial charge in [-0.15, -0.1) is 0 Å². The minimum atomic E-state index is -1.21. The average Bonchev–Trinajstić information content (AvgIpc) is 3.36. The van der Waals surface area contributed by atoms with Crippen molar-refractivity contribution in [1.82, 2.24) is 20.9 Å². The lowest BCUT2D eigenvalue weighted by Gasteiger charge is -2.26. The normalized spacial score (nSPS) is 13.7. The van der Waals surface area contributed by atoms with Crippen molar-refractivity contribution in [2.45, 2.75) is 70.1 Å². The second-order valence-electron chi connectivity index (χ2n) is 10.8. The van der Waals surface area contributed by atoms with E-state index in [1.807, 2.05) is 24.3 Å². The van der Waals surface area contributed by atoms with Gasteiger partial charge in [-0.25, -0.2) is 4.79 Å². The molecule has 15 N–H and O–H groups in total. The Kier molecular flexibility index (Phi) is 13.9. The number of nitrogens with zero attached hydrogens (tertiary/aromatic N) is 2. The highest BCUT2D eigenvalue weighted by Gasteiger charge is 2.31. The van der Waals surface area contributed by atoms with Crippen LogP contribution in [0.1, 0.15) is 45.1 Å². The van der Waals surface area contributed by atoms with Gasteiger partial charge in [0.1, 0.15) is 18.1 Å². The molecule has 16 nitrogen and oxygen atoms in total. The Morgan fingerprint density at radius 2 is 1.41 bits per heavy atom. The van der Waals surface area contributed by atoms with Crippen LogP contribution in [0.4, 0.5) is 0 Å².